The fourth-order valence-electron chi connectivity index (χ4n) is 1.92. The van der Waals surface area contributed by atoms with Gasteiger partial charge in [0, 0.05) is 18.5 Å². The molecule has 0 saturated carbocycles. The largest absolute Gasteiger partial charge is 0.466 e. The molecule has 0 fully saturated rings. The van der Waals surface area contributed by atoms with Crippen molar-refractivity contribution in [3.63, 3.8) is 0 Å². The lowest BCUT2D eigenvalue weighted by Crippen LogP contribution is -2.29. The molecule has 0 spiro atoms. The molecule has 3 nitrogen and oxygen atoms in total. The summed E-state index contributed by atoms with van der Waals surface area (Å²) in [7, 11) is 0. The average molecular weight is 249 g/mol. The van der Waals surface area contributed by atoms with E-state index in [2.05, 4.69) is 31.3 Å². The zero-order chi connectivity index (χ0) is 13.4. The number of carbonyl (C=O) groups is 1. The minimum absolute atomic E-state index is 0.112. The smallest absolute Gasteiger partial charge is 0.305 e. The van der Waals surface area contributed by atoms with E-state index in [1.165, 1.54) is 5.56 Å². The second-order valence-electron chi connectivity index (χ2n) is 4.54. The van der Waals surface area contributed by atoms with Crippen LogP contribution in [0.15, 0.2) is 30.3 Å². The summed E-state index contributed by atoms with van der Waals surface area (Å²) in [6, 6.07) is 10.9. The fourth-order valence-corrected chi connectivity index (χ4v) is 1.92. The van der Waals surface area contributed by atoms with E-state index in [1.807, 2.05) is 25.1 Å². The maximum atomic E-state index is 11.3. The summed E-state index contributed by atoms with van der Waals surface area (Å²) in [6.07, 6.45) is 1.28. The number of hydrogen-bond acceptors (Lipinski definition) is 3. The highest BCUT2D eigenvalue weighted by Crippen LogP contribution is 2.13. The Labute approximate surface area is 110 Å². The van der Waals surface area contributed by atoms with Crippen LogP contribution in [0.3, 0.4) is 0 Å². The molecule has 0 amide bonds. The van der Waals surface area contributed by atoms with Crippen LogP contribution in [0.25, 0.3) is 0 Å². The second kappa shape index (κ2) is 7.88. The molecule has 0 aromatic heterocycles. The molecule has 0 radical (unpaired) electrons. The van der Waals surface area contributed by atoms with Crippen molar-refractivity contribution in [1.29, 1.82) is 0 Å². The Morgan fingerprint density at radius 2 is 1.94 bits per heavy atom. The van der Waals surface area contributed by atoms with E-state index >= 15 is 0 Å². The number of carbonyl (C=O) groups excluding carboxylic acids is 1. The third kappa shape index (κ3) is 5.32. The molecule has 100 valence electrons. The Kier molecular flexibility index (Phi) is 6.44. The lowest BCUT2D eigenvalue weighted by atomic mass is 10.1. The minimum atomic E-state index is -0.112. The van der Waals surface area contributed by atoms with Crippen molar-refractivity contribution < 1.29 is 9.53 Å². The molecule has 1 N–H and O–H groups in total. The average Bonchev–Trinajstić information content (AvgIpc) is 2.38. The molecule has 1 unspecified atom stereocenters. The van der Waals surface area contributed by atoms with Crippen LogP contribution in [0.2, 0.25) is 0 Å². The number of benzene rings is 1. The highest BCUT2D eigenvalue weighted by Gasteiger charge is 2.11. The van der Waals surface area contributed by atoms with Crippen LogP contribution in [0.4, 0.5) is 0 Å². The van der Waals surface area contributed by atoms with Crippen LogP contribution >= 0.6 is 0 Å². The van der Waals surface area contributed by atoms with Crippen molar-refractivity contribution in [3.8, 4) is 0 Å². The Balaban J connectivity index is 2.32. The van der Waals surface area contributed by atoms with Gasteiger partial charge in [-0.2, -0.15) is 0 Å². The van der Waals surface area contributed by atoms with Gasteiger partial charge in [-0.25, -0.2) is 0 Å². The minimum Gasteiger partial charge on any atom is -0.466 e. The highest BCUT2D eigenvalue weighted by molar-refractivity contribution is 5.69. The van der Waals surface area contributed by atoms with Crippen LogP contribution in [-0.2, 0) is 9.53 Å². The van der Waals surface area contributed by atoms with Gasteiger partial charge in [0.05, 0.1) is 6.61 Å². The normalized spacial score (nSPS) is 13.9. The lowest BCUT2D eigenvalue weighted by Gasteiger charge is -2.20. The van der Waals surface area contributed by atoms with E-state index in [0.29, 0.717) is 25.1 Å². The molecule has 0 bridgehead atoms. The standard InChI is InChI=1S/C15H23NO2/c1-4-18-15(17)11-10-12(2)16-13(3)14-8-6-5-7-9-14/h5-9,12-13,16H,4,10-11H2,1-3H3/t12?,13-/m1/s1. The molecule has 0 saturated heterocycles. The molecule has 0 heterocycles. The molecule has 0 aliphatic heterocycles. The first kappa shape index (κ1) is 14.7. The van der Waals surface area contributed by atoms with E-state index in [1.54, 1.807) is 0 Å². The fraction of sp³-hybridized carbons (Fsp3) is 0.533. The zero-order valence-corrected chi connectivity index (χ0v) is 11.5. The summed E-state index contributed by atoms with van der Waals surface area (Å²) in [4.78, 5) is 11.3. The quantitative estimate of drug-likeness (QED) is 0.755. The number of hydrogen-bond donors (Lipinski definition) is 1. The Bertz CT molecular complexity index is 351. The zero-order valence-electron chi connectivity index (χ0n) is 11.5. The van der Waals surface area contributed by atoms with Crippen LogP contribution < -0.4 is 5.32 Å². The molecular weight excluding hydrogens is 226 g/mol. The van der Waals surface area contributed by atoms with Crippen LogP contribution in [0.5, 0.6) is 0 Å². The van der Waals surface area contributed by atoms with E-state index in [-0.39, 0.29) is 5.97 Å². The molecule has 18 heavy (non-hydrogen) atoms. The van der Waals surface area contributed by atoms with Crippen LogP contribution in [0, 0.1) is 0 Å². The van der Waals surface area contributed by atoms with Crippen molar-refractivity contribution in [3.05, 3.63) is 35.9 Å². The summed E-state index contributed by atoms with van der Waals surface area (Å²) in [5, 5.41) is 3.49. The first-order valence-electron chi connectivity index (χ1n) is 6.60. The van der Waals surface area contributed by atoms with Gasteiger partial charge in [0.25, 0.3) is 0 Å². The van der Waals surface area contributed by atoms with Gasteiger partial charge in [0.1, 0.15) is 0 Å². The summed E-state index contributed by atoms with van der Waals surface area (Å²) < 4.78 is 4.92. The maximum absolute atomic E-state index is 11.3. The van der Waals surface area contributed by atoms with Gasteiger partial charge < -0.3 is 10.1 Å². The van der Waals surface area contributed by atoms with Gasteiger partial charge in [-0.3, -0.25) is 4.79 Å². The molecule has 0 aliphatic rings. The lowest BCUT2D eigenvalue weighted by molar-refractivity contribution is -0.143. The van der Waals surface area contributed by atoms with E-state index in [9.17, 15) is 4.79 Å². The molecule has 1 rings (SSSR count). The van der Waals surface area contributed by atoms with Crippen molar-refractivity contribution in [1.82, 2.24) is 5.32 Å². The Hall–Kier alpha value is -1.35. The number of rotatable bonds is 7. The maximum Gasteiger partial charge on any atom is 0.305 e. The first-order valence-corrected chi connectivity index (χ1v) is 6.60. The van der Waals surface area contributed by atoms with Crippen molar-refractivity contribution in [2.24, 2.45) is 0 Å². The number of nitrogens with one attached hydrogen (secondary N) is 1. The monoisotopic (exact) mass is 249 g/mol. The molecular formula is C15H23NO2. The van der Waals surface area contributed by atoms with Gasteiger partial charge in [-0.1, -0.05) is 30.3 Å². The van der Waals surface area contributed by atoms with E-state index < -0.39 is 0 Å². The van der Waals surface area contributed by atoms with E-state index in [0.717, 1.165) is 6.42 Å². The van der Waals surface area contributed by atoms with Crippen molar-refractivity contribution in [2.45, 2.75) is 45.7 Å². The third-order valence-corrected chi connectivity index (χ3v) is 2.92. The Morgan fingerprint density at radius 1 is 1.28 bits per heavy atom. The van der Waals surface area contributed by atoms with Gasteiger partial charge in [0.15, 0.2) is 0 Å². The summed E-state index contributed by atoms with van der Waals surface area (Å²) in [6.45, 7) is 6.52. The SMILES string of the molecule is CCOC(=O)CCC(C)N[C@H](C)c1ccccc1. The number of ether oxygens (including phenoxy) is 1. The van der Waals surface area contributed by atoms with Gasteiger partial charge >= 0.3 is 5.97 Å². The van der Waals surface area contributed by atoms with Crippen molar-refractivity contribution >= 4 is 5.97 Å². The summed E-state index contributed by atoms with van der Waals surface area (Å²) in [5.41, 5.74) is 1.26. The van der Waals surface area contributed by atoms with Gasteiger partial charge in [-0.15, -0.1) is 0 Å². The van der Waals surface area contributed by atoms with Crippen LogP contribution in [0.1, 0.15) is 45.2 Å². The van der Waals surface area contributed by atoms with Gasteiger partial charge in [-0.05, 0) is 32.8 Å². The topological polar surface area (TPSA) is 38.3 Å². The molecule has 1 aromatic rings. The van der Waals surface area contributed by atoms with E-state index in [4.69, 9.17) is 4.74 Å². The first-order chi connectivity index (χ1) is 8.63. The highest BCUT2D eigenvalue weighted by atomic mass is 16.5. The second-order valence-corrected chi connectivity index (χ2v) is 4.54. The summed E-state index contributed by atoms with van der Waals surface area (Å²) in [5.74, 6) is -0.112. The van der Waals surface area contributed by atoms with Crippen LogP contribution in [-0.4, -0.2) is 18.6 Å². The third-order valence-electron chi connectivity index (χ3n) is 2.92. The van der Waals surface area contributed by atoms with Crippen molar-refractivity contribution in [2.75, 3.05) is 6.61 Å². The predicted octanol–water partition coefficient (Wildman–Crippen LogP) is 3.07. The number of esters is 1. The predicted molar refractivity (Wildman–Crippen MR) is 73.3 cm³/mol. The Morgan fingerprint density at radius 3 is 2.56 bits per heavy atom. The summed E-state index contributed by atoms with van der Waals surface area (Å²) >= 11 is 0. The molecule has 0 aliphatic carbocycles. The molecule has 2 atom stereocenters. The van der Waals surface area contributed by atoms with Gasteiger partial charge in [0.2, 0.25) is 0 Å². The molecule has 3 heteroatoms. The molecule has 1 aromatic carbocycles.